The Morgan fingerprint density at radius 3 is 1.31 bits per heavy atom. The first-order valence-corrected chi connectivity index (χ1v) is 20.6. The van der Waals surface area contributed by atoms with Crippen LogP contribution in [0.1, 0.15) is 181 Å². The van der Waals surface area contributed by atoms with Gasteiger partial charge in [-0.2, -0.15) is 0 Å². The Bertz CT molecular complexity index is 844. The smallest absolute Gasteiger partial charge is 0.472 e. The molecule has 0 amide bonds. The Labute approximate surface area is 291 Å². The lowest BCUT2D eigenvalue weighted by Crippen LogP contribution is -2.34. The van der Waals surface area contributed by atoms with Crippen LogP contribution in [-0.2, 0) is 37.5 Å². The van der Waals surface area contributed by atoms with Crippen LogP contribution in [0, 0.1) is 0 Å². The summed E-state index contributed by atoms with van der Waals surface area (Å²) < 4.78 is 32.5. The standard InChI is InChI=1S/C36H70NO10P/c1-3-5-7-9-11-13-15-16-18-19-21-23-25-27-34(38)44-29-32(30-45-48(42,43)46-31-33(37)36(40)41)47-35(39)28-26-24-22-20-17-14-12-10-8-6-4-2/h32-33H,3-31,37H2,1-2H3,(H,40,41)(H,42,43). The normalized spacial score (nSPS) is 13.9. The maximum atomic E-state index is 12.5. The van der Waals surface area contributed by atoms with Crippen LogP contribution < -0.4 is 5.73 Å². The number of carbonyl (C=O) groups is 3. The van der Waals surface area contributed by atoms with Gasteiger partial charge in [-0.3, -0.25) is 23.4 Å². The van der Waals surface area contributed by atoms with E-state index in [-0.39, 0.29) is 19.4 Å². The van der Waals surface area contributed by atoms with E-state index in [1.54, 1.807) is 0 Å². The zero-order chi connectivity index (χ0) is 35.7. The van der Waals surface area contributed by atoms with E-state index in [9.17, 15) is 23.8 Å². The zero-order valence-corrected chi connectivity index (χ0v) is 31.2. The minimum atomic E-state index is -4.70. The van der Waals surface area contributed by atoms with Gasteiger partial charge in [-0.1, -0.05) is 155 Å². The number of phosphoric ester groups is 1. The number of carbonyl (C=O) groups excluding carboxylic acids is 2. The van der Waals surface area contributed by atoms with Crippen molar-refractivity contribution in [2.24, 2.45) is 5.73 Å². The van der Waals surface area contributed by atoms with Crippen molar-refractivity contribution in [3.8, 4) is 0 Å². The maximum Gasteiger partial charge on any atom is 0.472 e. The zero-order valence-electron chi connectivity index (χ0n) is 30.3. The first-order valence-electron chi connectivity index (χ1n) is 19.1. The minimum absolute atomic E-state index is 0.168. The van der Waals surface area contributed by atoms with Crippen LogP contribution in [0.4, 0.5) is 0 Å². The van der Waals surface area contributed by atoms with Gasteiger partial charge in [0.1, 0.15) is 12.6 Å². The Morgan fingerprint density at radius 1 is 0.562 bits per heavy atom. The molecule has 3 atom stereocenters. The Kier molecular flexibility index (Phi) is 31.6. The van der Waals surface area contributed by atoms with Crippen molar-refractivity contribution >= 4 is 25.7 Å². The first-order chi connectivity index (χ1) is 23.1. The highest BCUT2D eigenvalue weighted by molar-refractivity contribution is 7.47. The monoisotopic (exact) mass is 707 g/mol. The lowest BCUT2D eigenvalue weighted by Gasteiger charge is -2.20. The number of aliphatic carboxylic acids is 1. The molecular weight excluding hydrogens is 637 g/mol. The summed E-state index contributed by atoms with van der Waals surface area (Å²) in [6.07, 6.45) is 27.4. The number of esters is 2. The molecule has 0 aliphatic carbocycles. The second-order valence-corrected chi connectivity index (χ2v) is 14.5. The summed E-state index contributed by atoms with van der Waals surface area (Å²) in [5.41, 5.74) is 5.31. The topological polar surface area (TPSA) is 172 Å². The molecule has 0 aliphatic rings. The third kappa shape index (κ3) is 31.7. The van der Waals surface area contributed by atoms with E-state index >= 15 is 0 Å². The van der Waals surface area contributed by atoms with E-state index in [4.69, 9.17) is 24.8 Å². The van der Waals surface area contributed by atoms with Gasteiger partial charge >= 0.3 is 25.7 Å². The number of hydrogen-bond donors (Lipinski definition) is 3. The molecule has 48 heavy (non-hydrogen) atoms. The van der Waals surface area contributed by atoms with Gasteiger partial charge < -0.3 is 25.2 Å². The van der Waals surface area contributed by atoms with Crippen molar-refractivity contribution in [3.05, 3.63) is 0 Å². The van der Waals surface area contributed by atoms with E-state index < -0.39 is 51.1 Å². The number of unbranched alkanes of at least 4 members (excludes halogenated alkanes) is 22. The van der Waals surface area contributed by atoms with Gasteiger partial charge in [0.25, 0.3) is 0 Å². The predicted molar refractivity (Wildman–Crippen MR) is 190 cm³/mol. The molecule has 0 saturated carbocycles. The van der Waals surface area contributed by atoms with Crippen molar-refractivity contribution in [2.75, 3.05) is 19.8 Å². The van der Waals surface area contributed by atoms with Crippen LogP contribution in [-0.4, -0.2) is 59.9 Å². The number of nitrogens with two attached hydrogens (primary N) is 1. The van der Waals surface area contributed by atoms with Crippen LogP contribution in [0.3, 0.4) is 0 Å². The maximum absolute atomic E-state index is 12.5. The molecule has 11 nitrogen and oxygen atoms in total. The first kappa shape index (κ1) is 46.5. The Balaban J connectivity index is 4.41. The molecule has 0 aromatic carbocycles. The van der Waals surface area contributed by atoms with E-state index in [1.165, 1.54) is 103 Å². The Hall–Kier alpha value is -1.52. The van der Waals surface area contributed by atoms with Gasteiger partial charge in [-0.25, -0.2) is 4.57 Å². The highest BCUT2D eigenvalue weighted by atomic mass is 31.2. The molecule has 0 spiro atoms. The predicted octanol–water partition coefficient (Wildman–Crippen LogP) is 9.17. The molecule has 284 valence electrons. The fourth-order valence-electron chi connectivity index (χ4n) is 5.30. The Morgan fingerprint density at radius 2 is 0.917 bits per heavy atom. The molecular formula is C36H70NO10P. The molecule has 3 unspecified atom stereocenters. The third-order valence-electron chi connectivity index (χ3n) is 8.36. The minimum Gasteiger partial charge on any atom is -0.480 e. The van der Waals surface area contributed by atoms with Gasteiger partial charge in [0.05, 0.1) is 13.2 Å². The number of carboxylic acids is 1. The average Bonchev–Trinajstić information content (AvgIpc) is 3.05. The van der Waals surface area contributed by atoms with E-state index in [0.717, 1.165) is 38.5 Å². The van der Waals surface area contributed by atoms with Crippen LogP contribution >= 0.6 is 7.82 Å². The highest BCUT2D eigenvalue weighted by Crippen LogP contribution is 2.43. The van der Waals surface area contributed by atoms with E-state index in [0.29, 0.717) is 12.8 Å². The van der Waals surface area contributed by atoms with Crippen molar-refractivity contribution in [2.45, 2.75) is 193 Å². The highest BCUT2D eigenvalue weighted by Gasteiger charge is 2.28. The van der Waals surface area contributed by atoms with E-state index in [1.807, 2.05) is 0 Å². The van der Waals surface area contributed by atoms with Gasteiger partial charge in [0, 0.05) is 12.8 Å². The molecule has 0 aromatic rings. The molecule has 0 aromatic heterocycles. The number of hydrogen-bond acceptors (Lipinski definition) is 9. The van der Waals surface area contributed by atoms with Crippen LogP contribution in [0.5, 0.6) is 0 Å². The molecule has 12 heteroatoms. The summed E-state index contributed by atoms with van der Waals surface area (Å²) in [6.45, 7) is 2.79. The molecule has 0 saturated heterocycles. The fourth-order valence-corrected chi connectivity index (χ4v) is 6.08. The van der Waals surface area contributed by atoms with Crippen molar-refractivity contribution in [3.63, 3.8) is 0 Å². The largest absolute Gasteiger partial charge is 0.480 e. The van der Waals surface area contributed by atoms with E-state index in [2.05, 4.69) is 18.4 Å². The average molecular weight is 708 g/mol. The number of carboxylic acid groups (broad SMARTS) is 1. The summed E-state index contributed by atoms with van der Waals surface area (Å²) in [4.78, 5) is 45.7. The summed E-state index contributed by atoms with van der Waals surface area (Å²) >= 11 is 0. The lowest BCUT2D eigenvalue weighted by atomic mass is 10.0. The van der Waals surface area contributed by atoms with Gasteiger partial charge in [-0.05, 0) is 12.8 Å². The van der Waals surface area contributed by atoms with Crippen LogP contribution in [0.25, 0.3) is 0 Å². The van der Waals surface area contributed by atoms with Gasteiger partial charge in [-0.15, -0.1) is 0 Å². The molecule has 0 bridgehead atoms. The summed E-state index contributed by atoms with van der Waals surface area (Å²) in [5.74, 6) is -2.37. The summed E-state index contributed by atoms with van der Waals surface area (Å²) in [5, 5.41) is 8.85. The molecule has 4 N–H and O–H groups in total. The lowest BCUT2D eigenvalue weighted by molar-refractivity contribution is -0.161. The van der Waals surface area contributed by atoms with Crippen LogP contribution in [0.15, 0.2) is 0 Å². The third-order valence-corrected chi connectivity index (χ3v) is 9.31. The molecule has 0 heterocycles. The van der Waals surface area contributed by atoms with Crippen molar-refractivity contribution in [1.82, 2.24) is 0 Å². The summed E-state index contributed by atoms with van der Waals surface area (Å²) in [7, 11) is -4.70. The number of phosphoric acid groups is 1. The SMILES string of the molecule is CCCCCCCCCCCCCCCC(=O)OCC(COP(=O)(O)OCC(N)C(=O)O)OC(=O)CCCCCCCCCCCCC. The fraction of sp³-hybridized carbons (Fsp3) is 0.917. The second-order valence-electron chi connectivity index (χ2n) is 13.1. The quantitative estimate of drug-likeness (QED) is 0.0322. The molecule has 0 radical (unpaired) electrons. The molecule has 0 aliphatic heterocycles. The van der Waals surface area contributed by atoms with Gasteiger partial charge in [0.15, 0.2) is 6.10 Å². The number of ether oxygens (including phenoxy) is 2. The second kappa shape index (κ2) is 32.7. The van der Waals surface area contributed by atoms with Crippen LogP contribution in [0.2, 0.25) is 0 Å². The van der Waals surface area contributed by atoms with Crippen molar-refractivity contribution < 1.29 is 47.5 Å². The molecule has 0 rings (SSSR count). The van der Waals surface area contributed by atoms with Gasteiger partial charge in [0.2, 0.25) is 0 Å². The molecule has 0 fully saturated rings. The summed E-state index contributed by atoms with van der Waals surface area (Å²) in [6, 6.07) is -1.51. The van der Waals surface area contributed by atoms with Crippen molar-refractivity contribution in [1.29, 1.82) is 0 Å². The number of rotatable bonds is 36.